The largest absolute Gasteiger partial charge is 0.494 e. The monoisotopic (exact) mass is 297 g/mol. The Hall–Kier alpha value is -2.49. The van der Waals surface area contributed by atoms with Crippen LogP contribution in [-0.4, -0.2) is 22.7 Å². The second kappa shape index (κ2) is 6.52. The Kier molecular flexibility index (Phi) is 4.28. The van der Waals surface area contributed by atoms with Crippen LogP contribution in [0.25, 0.3) is 21.8 Å². The lowest BCUT2D eigenvalue weighted by atomic mass is 10.1. The minimum atomic E-state index is -0.731. The van der Waals surface area contributed by atoms with Gasteiger partial charge in [-0.3, -0.25) is 4.79 Å². The normalized spacial score (nSPS) is 11.1. The number of carboxylic acids is 1. The molecule has 0 atom stereocenters. The first-order valence-corrected chi connectivity index (χ1v) is 7.59. The Labute approximate surface area is 128 Å². The predicted molar refractivity (Wildman–Crippen MR) is 87.4 cm³/mol. The van der Waals surface area contributed by atoms with Crippen LogP contribution in [0.4, 0.5) is 0 Å². The number of aromatic nitrogens is 1. The number of carboxylic acid groups (broad SMARTS) is 1. The summed E-state index contributed by atoms with van der Waals surface area (Å²) in [7, 11) is 0. The average molecular weight is 297 g/mol. The van der Waals surface area contributed by atoms with E-state index in [4.69, 9.17) is 9.84 Å². The standard InChI is InChI=1S/C18H19NO3/c20-18(21)8-2-1-5-11-22-13-9-10-15-14-6-3-4-7-16(14)19-17(15)12-13/h3-4,6-7,9-10,12,19H,1-2,5,8,11H2,(H,20,21). The summed E-state index contributed by atoms with van der Waals surface area (Å²) >= 11 is 0. The van der Waals surface area contributed by atoms with Gasteiger partial charge in [0.05, 0.1) is 12.1 Å². The second-order valence-corrected chi connectivity index (χ2v) is 5.43. The molecule has 0 aliphatic carbocycles. The van der Waals surface area contributed by atoms with Crippen LogP contribution in [0.5, 0.6) is 5.75 Å². The molecule has 0 radical (unpaired) electrons. The van der Waals surface area contributed by atoms with Crippen LogP contribution in [0.3, 0.4) is 0 Å². The van der Waals surface area contributed by atoms with Crippen molar-refractivity contribution in [3.05, 3.63) is 42.5 Å². The molecule has 0 bridgehead atoms. The molecule has 0 fully saturated rings. The fourth-order valence-corrected chi connectivity index (χ4v) is 2.67. The van der Waals surface area contributed by atoms with Gasteiger partial charge in [-0.2, -0.15) is 0 Å². The lowest BCUT2D eigenvalue weighted by Gasteiger charge is -2.06. The number of para-hydroxylation sites is 1. The molecule has 2 aromatic carbocycles. The van der Waals surface area contributed by atoms with Crippen LogP contribution in [0.1, 0.15) is 25.7 Å². The Bertz CT molecular complexity index is 791. The molecule has 0 aliphatic rings. The van der Waals surface area contributed by atoms with Gasteiger partial charge >= 0.3 is 5.97 Å². The minimum Gasteiger partial charge on any atom is -0.494 e. The van der Waals surface area contributed by atoms with Crippen molar-refractivity contribution in [2.75, 3.05) is 6.61 Å². The smallest absolute Gasteiger partial charge is 0.303 e. The predicted octanol–water partition coefficient (Wildman–Crippen LogP) is 4.34. The number of nitrogens with one attached hydrogen (secondary N) is 1. The maximum atomic E-state index is 10.4. The molecule has 114 valence electrons. The third-order valence-corrected chi connectivity index (χ3v) is 3.78. The highest BCUT2D eigenvalue weighted by Crippen LogP contribution is 2.28. The summed E-state index contributed by atoms with van der Waals surface area (Å²) in [4.78, 5) is 13.8. The Morgan fingerprint density at radius 2 is 1.82 bits per heavy atom. The van der Waals surface area contributed by atoms with Crippen LogP contribution < -0.4 is 4.74 Å². The maximum absolute atomic E-state index is 10.4. The number of benzene rings is 2. The van der Waals surface area contributed by atoms with Crippen molar-refractivity contribution in [1.29, 1.82) is 0 Å². The van der Waals surface area contributed by atoms with Gasteiger partial charge in [0, 0.05) is 28.8 Å². The molecular formula is C18H19NO3. The second-order valence-electron chi connectivity index (χ2n) is 5.43. The van der Waals surface area contributed by atoms with Gasteiger partial charge in [0.25, 0.3) is 0 Å². The lowest BCUT2D eigenvalue weighted by molar-refractivity contribution is -0.137. The van der Waals surface area contributed by atoms with Gasteiger partial charge in [0.2, 0.25) is 0 Å². The van der Waals surface area contributed by atoms with Crippen LogP contribution in [-0.2, 0) is 4.79 Å². The van der Waals surface area contributed by atoms with Crippen LogP contribution >= 0.6 is 0 Å². The first-order chi connectivity index (χ1) is 10.7. The molecule has 4 nitrogen and oxygen atoms in total. The maximum Gasteiger partial charge on any atom is 0.303 e. The third kappa shape index (κ3) is 3.22. The highest BCUT2D eigenvalue weighted by atomic mass is 16.5. The van der Waals surface area contributed by atoms with Crippen molar-refractivity contribution in [2.45, 2.75) is 25.7 Å². The summed E-state index contributed by atoms with van der Waals surface area (Å²) in [5, 5.41) is 11.0. The van der Waals surface area contributed by atoms with E-state index in [0.717, 1.165) is 29.6 Å². The Morgan fingerprint density at radius 1 is 1.00 bits per heavy atom. The fraction of sp³-hybridized carbons (Fsp3) is 0.278. The number of aromatic amines is 1. The van der Waals surface area contributed by atoms with Crippen LogP contribution in [0.15, 0.2) is 42.5 Å². The molecular weight excluding hydrogens is 278 g/mol. The van der Waals surface area contributed by atoms with Gasteiger partial charge < -0.3 is 14.8 Å². The molecule has 3 aromatic rings. The van der Waals surface area contributed by atoms with Gasteiger partial charge in [-0.05, 0) is 37.5 Å². The van der Waals surface area contributed by atoms with Crippen molar-refractivity contribution in [1.82, 2.24) is 4.98 Å². The summed E-state index contributed by atoms with van der Waals surface area (Å²) < 4.78 is 5.75. The van der Waals surface area contributed by atoms with E-state index in [1.807, 2.05) is 24.3 Å². The highest BCUT2D eigenvalue weighted by Gasteiger charge is 2.04. The van der Waals surface area contributed by atoms with E-state index < -0.39 is 5.97 Å². The van der Waals surface area contributed by atoms with Gasteiger partial charge in [-0.25, -0.2) is 0 Å². The van der Waals surface area contributed by atoms with Crippen molar-refractivity contribution < 1.29 is 14.6 Å². The van der Waals surface area contributed by atoms with E-state index >= 15 is 0 Å². The van der Waals surface area contributed by atoms with E-state index in [-0.39, 0.29) is 6.42 Å². The topological polar surface area (TPSA) is 62.3 Å². The summed E-state index contributed by atoms with van der Waals surface area (Å²) in [6, 6.07) is 14.3. The van der Waals surface area contributed by atoms with Crippen molar-refractivity contribution in [3.63, 3.8) is 0 Å². The average Bonchev–Trinajstić information content (AvgIpc) is 2.88. The number of unbranched alkanes of at least 4 members (excludes halogenated alkanes) is 2. The number of rotatable bonds is 7. The van der Waals surface area contributed by atoms with E-state index in [0.29, 0.717) is 13.0 Å². The summed E-state index contributed by atoms with van der Waals surface area (Å²) in [6.45, 7) is 0.616. The van der Waals surface area contributed by atoms with Crippen molar-refractivity contribution in [2.24, 2.45) is 0 Å². The SMILES string of the molecule is O=C(O)CCCCCOc1ccc2c(c1)[nH]c1ccccc12. The molecule has 22 heavy (non-hydrogen) atoms. The summed E-state index contributed by atoms with van der Waals surface area (Å²) in [5.74, 6) is 0.113. The number of carbonyl (C=O) groups is 1. The Morgan fingerprint density at radius 3 is 2.68 bits per heavy atom. The Balaban J connectivity index is 1.60. The fourth-order valence-electron chi connectivity index (χ4n) is 2.67. The lowest BCUT2D eigenvalue weighted by Crippen LogP contribution is -1.99. The molecule has 0 amide bonds. The van der Waals surface area contributed by atoms with Crippen molar-refractivity contribution in [3.8, 4) is 5.75 Å². The van der Waals surface area contributed by atoms with Gasteiger partial charge in [-0.1, -0.05) is 18.2 Å². The molecule has 0 aliphatic heterocycles. The first-order valence-electron chi connectivity index (χ1n) is 7.59. The quantitative estimate of drug-likeness (QED) is 0.637. The van der Waals surface area contributed by atoms with Crippen LogP contribution in [0.2, 0.25) is 0 Å². The minimum absolute atomic E-state index is 0.237. The first kappa shape index (κ1) is 14.4. The number of H-pyrrole nitrogens is 1. The highest BCUT2D eigenvalue weighted by molar-refractivity contribution is 6.07. The number of fused-ring (bicyclic) bond motifs is 3. The molecule has 0 saturated carbocycles. The molecule has 1 aromatic heterocycles. The van der Waals surface area contributed by atoms with Gasteiger partial charge in [0.15, 0.2) is 0 Å². The third-order valence-electron chi connectivity index (χ3n) is 3.78. The molecule has 0 unspecified atom stereocenters. The molecule has 3 rings (SSSR count). The number of ether oxygens (including phenoxy) is 1. The van der Waals surface area contributed by atoms with E-state index in [1.54, 1.807) is 0 Å². The number of aliphatic carboxylic acids is 1. The van der Waals surface area contributed by atoms with Crippen LogP contribution in [0, 0.1) is 0 Å². The van der Waals surface area contributed by atoms with Gasteiger partial charge in [-0.15, -0.1) is 0 Å². The van der Waals surface area contributed by atoms with Gasteiger partial charge in [0.1, 0.15) is 5.75 Å². The summed E-state index contributed by atoms with van der Waals surface area (Å²) in [5.41, 5.74) is 2.20. The molecule has 2 N–H and O–H groups in total. The molecule has 0 saturated heterocycles. The van der Waals surface area contributed by atoms with E-state index in [9.17, 15) is 4.79 Å². The van der Waals surface area contributed by atoms with Crippen molar-refractivity contribution >= 4 is 27.8 Å². The molecule has 1 heterocycles. The number of hydrogen-bond donors (Lipinski definition) is 2. The summed E-state index contributed by atoms with van der Waals surface area (Å²) in [6.07, 6.45) is 2.69. The molecule has 0 spiro atoms. The molecule has 4 heteroatoms. The van der Waals surface area contributed by atoms with E-state index in [2.05, 4.69) is 23.2 Å². The van der Waals surface area contributed by atoms with E-state index in [1.165, 1.54) is 10.8 Å². The number of hydrogen-bond acceptors (Lipinski definition) is 2. The zero-order valence-corrected chi connectivity index (χ0v) is 12.3. The zero-order valence-electron chi connectivity index (χ0n) is 12.3. The zero-order chi connectivity index (χ0) is 15.4.